The molecule has 0 aliphatic carbocycles. The predicted molar refractivity (Wildman–Crippen MR) is 63.6 cm³/mol. The Balaban J connectivity index is 2.01. The van der Waals surface area contributed by atoms with Crippen LogP contribution in [0, 0.1) is 12.3 Å². The van der Waals surface area contributed by atoms with E-state index in [1.807, 2.05) is 18.2 Å². The molecule has 0 radical (unpaired) electrons. The fraction of sp³-hybridized carbons (Fsp3) is 0.500. The van der Waals surface area contributed by atoms with E-state index in [2.05, 4.69) is 19.2 Å². The van der Waals surface area contributed by atoms with Crippen LogP contribution in [0.25, 0.3) is 0 Å². The Hall–Kier alpha value is -0.730. The van der Waals surface area contributed by atoms with E-state index >= 15 is 0 Å². The molecule has 3 heteroatoms. The van der Waals surface area contributed by atoms with Crippen LogP contribution in [-0.2, 0) is 4.74 Å². The van der Waals surface area contributed by atoms with Gasteiger partial charge in [0, 0.05) is 22.7 Å². The highest BCUT2D eigenvalue weighted by Gasteiger charge is 2.32. The van der Waals surface area contributed by atoms with Crippen molar-refractivity contribution in [3.63, 3.8) is 0 Å². The quantitative estimate of drug-likeness (QED) is 0.854. The van der Waals surface area contributed by atoms with Crippen molar-refractivity contribution in [3.05, 3.63) is 28.8 Å². The second kappa shape index (κ2) is 4.03. The van der Waals surface area contributed by atoms with E-state index in [0.717, 1.165) is 30.5 Å². The Kier molecular flexibility index (Phi) is 2.89. The molecule has 1 aromatic carbocycles. The number of aryl methyl sites for hydroxylation is 1. The maximum atomic E-state index is 5.95. The molecule has 0 spiro atoms. The molecular formula is C12H16ClNO. The lowest BCUT2D eigenvalue weighted by atomic mass is 9.88. The summed E-state index contributed by atoms with van der Waals surface area (Å²) >= 11 is 5.95. The summed E-state index contributed by atoms with van der Waals surface area (Å²) in [5, 5.41) is 4.21. The summed E-state index contributed by atoms with van der Waals surface area (Å²) in [5.74, 6) is 0. The standard InChI is InChI=1S/C12H16ClNO/c1-9-3-4-10(13)5-11(9)14-6-12(2)7-15-8-12/h3-5,14H,6-8H2,1-2H3. The zero-order valence-electron chi connectivity index (χ0n) is 9.14. The molecule has 1 fully saturated rings. The van der Waals surface area contributed by atoms with Gasteiger partial charge in [0.1, 0.15) is 0 Å². The van der Waals surface area contributed by atoms with Crippen LogP contribution in [0.1, 0.15) is 12.5 Å². The molecule has 2 nitrogen and oxygen atoms in total. The second-order valence-electron chi connectivity index (χ2n) is 4.62. The Labute approximate surface area is 95.6 Å². The van der Waals surface area contributed by atoms with Crippen molar-refractivity contribution in [3.8, 4) is 0 Å². The molecule has 82 valence electrons. The topological polar surface area (TPSA) is 21.3 Å². The third-order valence-corrected chi connectivity index (χ3v) is 3.04. The number of halogens is 1. The van der Waals surface area contributed by atoms with Gasteiger partial charge in [-0.25, -0.2) is 0 Å². The van der Waals surface area contributed by atoms with Gasteiger partial charge in [-0.1, -0.05) is 24.6 Å². The van der Waals surface area contributed by atoms with Crippen molar-refractivity contribution in [2.24, 2.45) is 5.41 Å². The van der Waals surface area contributed by atoms with Gasteiger partial charge in [-0.15, -0.1) is 0 Å². The molecule has 0 unspecified atom stereocenters. The van der Waals surface area contributed by atoms with Gasteiger partial charge in [0.05, 0.1) is 13.2 Å². The third kappa shape index (κ3) is 2.44. The maximum absolute atomic E-state index is 5.95. The molecule has 1 aromatic rings. The molecule has 1 heterocycles. The summed E-state index contributed by atoms with van der Waals surface area (Å²) in [5.41, 5.74) is 2.63. The number of nitrogens with one attached hydrogen (secondary N) is 1. The number of anilines is 1. The number of hydrogen-bond donors (Lipinski definition) is 1. The molecule has 1 aliphatic heterocycles. The minimum atomic E-state index is 0.286. The summed E-state index contributed by atoms with van der Waals surface area (Å²) in [6.07, 6.45) is 0. The first-order valence-electron chi connectivity index (χ1n) is 5.17. The van der Waals surface area contributed by atoms with Crippen LogP contribution in [-0.4, -0.2) is 19.8 Å². The molecule has 2 rings (SSSR count). The Morgan fingerprint density at radius 3 is 2.80 bits per heavy atom. The van der Waals surface area contributed by atoms with Crippen LogP contribution in [0.2, 0.25) is 5.02 Å². The van der Waals surface area contributed by atoms with E-state index in [9.17, 15) is 0 Å². The SMILES string of the molecule is Cc1ccc(Cl)cc1NCC1(C)COC1. The third-order valence-electron chi connectivity index (χ3n) is 2.81. The van der Waals surface area contributed by atoms with Crippen LogP contribution in [0.4, 0.5) is 5.69 Å². The number of benzene rings is 1. The Bertz CT molecular complexity index is 361. The van der Waals surface area contributed by atoms with Crippen molar-refractivity contribution in [2.45, 2.75) is 13.8 Å². The summed E-state index contributed by atoms with van der Waals surface area (Å²) in [4.78, 5) is 0. The minimum Gasteiger partial charge on any atom is -0.384 e. The average molecular weight is 226 g/mol. The van der Waals surface area contributed by atoms with E-state index in [1.165, 1.54) is 5.56 Å². The molecule has 0 aromatic heterocycles. The van der Waals surface area contributed by atoms with Gasteiger partial charge in [-0.2, -0.15) is 0 Å². The van der Waals surface area contributed by atoms with Crippen LogP contribution in [0.3, 0.4) is 0 Å². The highest BCUT2D eigenvalue weighted by atomic mass is 35.5. The zero-order chi connectivity index (χ0) is 10.9. The van der Waals surface area contributed by atoms with E-state index in [0.29, 0.717) is 0 Å². The van der Waals surface area contributed by atoms with Gasteiger partial charge >= 0.3 is 0 Å². The first-order chi connectivity index (χ1) is 7.09. The molecule has 1 aliphatic rings. The average Bonchev–Trinajstić information content (AvgIpc) is 2.17. The van der Waals surface area contributed by atoms with E-state index in [1.54, 1.807) is 0 Å². The van der Waals surface area contributed by atoms with E-state index in [-0.39, 0.29) is 5.41 Å². The number of hydrogen-bond acceptors (Lipinski definition) is 2. The fourth-order valence-corrected chi connectivity index (χ4v) is 1.82. The molecule has 1 N–H and O–H groups in total. The van der Waals surface area contributed by atoms with Gasteiger partial charge in [0.2, 0.25) is 0 Å². The largest absolute Gasteiger partial charge is 0.384 e. The van der Waals surface area contributed by atoms with Crippen LogP contribution in [0.5, 0.6) is 0 Å². The molecule has 0 saturated carbocycles. The van der Waals surface area contributed by atoms with Gasteiger partial charge in [-0.3, -0.25) is 0 Å². The van der Waals surface area contributed by atoms with Gasteiger partial charge in [0.15, 0.2) is 0 Å². The smallest absolute Gasteiger partial charge is 0.0559 e. The summed E-state index contributed by atoms with van der Waals surface area (Å²) in [7, 11) is 0. The number of rotatable bonds is 3. The summed E-state index contributed by atoms with van der Waals surface area (Å²) in [6, 6.07) is 5.92. The Morgan fingerprint density at radius 1 is 1.47 bits per heavy atom. The first-order valence-corrected chi connectivity index (χ1v) is 5.55. The molecule has 0 bridgehead atoms. The van der Waals surface area contributed by atoms with Crippen LogP contribution < -0.4 is 5.32 Å². The normalized spacial score (nSPS) is 18.3. The van der Waals surface area contributed by atoms with Crippen molar-refractivity contribution >= 4 is 17.3 Å². The highest BCUT2D eigenvalue weighted by Crippen LogP contribution is 2.28. The fourth-order valence-electron chi connectivity index (χ4n) is 1.65. The van der Waals surface area contributed by atoms with Crippen molar-refractivity contribution in [1.82, 2.24) is 0 Å². The van der Waals surface area contributed by atoms with Crippen LogP contribution in [0.15, 0.2) is 18.2 Å². The molecule has 15 heavy (non-hydrogen) atoms. The highest BCUT2D eigenvalue weighted by molar-refractivity contribution is 6.30. The van der Waals surface area contributed by atoms with E-state index in [4.69, 9.17) is 16.3 Å². The van der Waals surface area contributed by atoms with Crippen molar-refractivity contribution in [1.29, 1.82) is 0 Å². The molecule has 1 saturated heterocycles. The van der Waals surface area contributed by atoms with Gasteiger partial charge < -0.3 is 10.1 Å². The van der Waals surface area contributed by atoms with Gasteiger partial charge in [0.25, 0.3) is 0 Å². The molecular weight excluding hydrogens is 210 g/mol. The molecule has 0 atom stereocenters. The lowest BCUT2D eigenvalue weighted by Crippen LogP contribution is -2.45. The Morgan fingerprint density at radius 2 is 2.20 bits per heavy atom. The van der Waals surface area contributed by atoms with Crippen molar-refractivity contribution < 1.29 is 4.74 Å². The second-order valence-corrected chi connectivity index (χ2v) is 5.05. The monoisotopic (exact) mass is 225 g/mol. The van der Waals surface area contributed by atoms with Gasteiger partial charge in [-0.05, 0) is 24.6 Å². The summed E-state index contributed by atoms with van der Waals surface area (Å²) < 4.78 is 5.21. The zero-order valence-corrected chi connectivity index (χ0v) is 9.90. The maximum Gasteiger partial charge on any atom is 0.0559 e. The first kappa shape index (κ1) is 10.8. The lowest BCUT2D eigenvalue weighted by Gasteiger charge is -2.38. The molecule has 0 amide bonds. The number of ether oxygens (including phenoxy) is 1. The van der Waals surface area contributed by atoms with Crippen LogP contribution >= 0.6 is 11.6 Å². The minimum absolute atomic E-state index is 0.286. The summed E-state index contributed by atoms with van der Waals surface area (Å²) in [6.45, 7) is 6.94. The van der Waals surface area contributed by atoms with Crippen molar-refractivity contribution in [2.75, 3.05) is 25.1 Å². The lowest BCUT2D eigenvalue weighted by molar-refractivity contribution is -0.0924. The van der Waals surface area contributed by atoms with E-state index < -0.39 is 0 Å². The predicted octanol–water partition coefficient (Wildman–Crippen LogP) is 3.10.